The molecule has 8 nitrogen and oxygen atoms in total. The number of morpholine rings is 1. The molecule has 0 bridgehead atoms. The number of primary amides is 1. The Morgan fingerprint density at radius 3 is 2.76 bits per heavy atom. The number of hydrogen-bond acceptors (Lipinski definition) is 5. The van der Waals surface area contributed by atoms with Crippen molar-refractivity contribution in [2.45, 2.75) is 4.90 Å². The number of carbonyl (C=O) groups excluding carboxylic acids is 1. The third-order valence-corrected chi connectivity index (χ3v) is 5.83. The highest BCUT2D eigenvalue weighted by atomic mass is 35.5. The topological polar surface area (TPSA) is 118 Å². The standard InChI is InChI=1S/C15H19ClN4O4S/c16-10-1-2-12-11(9-10)14(13(19-12)15(17)21)25(22,23)18-3-4-20-5-7-24-8-6-20/h1-2,9,18-19H,3-8H2,(H2,17,21). The zero-order valence-corrected chi connectivity index (χ0v) is 15.0. The quantitative estimate of drug-likeness (QED) is 0.669. The normalized spacial score (nSPS) is 16.4. The Hall–Kier alpha value is -1.65. The van der Waals surface area contributed by atoms with Crippen LogP contribution in [0.3, 0.4) is 0 Å². The van der Waals surface area contributed by atoms with Gasteiger partial charge in [-0.2, -0.15) is 0 Å². The number of ether oxygens (including phenoxy) is 1. The van der Waals surface area contributed by atoms with Crippen LogP contribution in [0.4, 0.5) is 0 Å². The van der Waals surface area contributed by atoms with Crippen molar-refractivity contribution in [2.24, 2.45) is 5.73 Å². The van der Waals surface area contributed by atoms with E-state index in [4.69, 9.17) is 22.1 Å². The fourth-order valence-electron chi connectivity index (χ4n) is 2.83. The van der Waals surface area contributed by atoms with Gasteiger partial charge in [0, 0.05) is 42.1 Å². The van der Waals surface area contributed by atoms with Gasteiger partial charge in [-0.15, -0.1) is 0 Å². The number of benzene rings is 1. The Labute approximate surface area is 150 Å². The second kappa shape index (κ2) is 7.30. The summed E-state index contributed by atoms with van der Waals surface area (Å²) in [5.74, 6) is -0.846. The van der Waals surface area contributed by atoms with Crippen LogP contribution >= 0.6 is 11.6 Å². The minimum Gasteiger partial charge on any atom is -0.379 e. The van der Waals surface area contributed by atoms with Crippen LogP contribution in [0, 0.1) is 0 Å². The molecule has 0 atom stereocenters. The minimum absolute atomic E-state index is 0.156. The number of nitrogens with two attached hydrogens (primary N) is 1. The average Bonchev–Trinajstić information content (AvgIpc) is 2.95. The van der Waals surface area contributed by atoms with E-state index in [9.17, 15) is 13.2 Å². The Morgan fingerprint density at radius 2 is 2.08 bits per heavy atom. The number of nitrogens with one attached hydrogen (secondary N) is 2. The van der Waals surface area contributed by atoms with Crippen molar-refractivity contribution in [3.05, 3.63) is 28.9 Å². The molecule has 1 aromatic heterocycles. The number of sulfonamides is 1. The van der Waals surface area contributed by atoms with Crippen LogP contribution < -0.4 is 10.5 Å². The van der Waals surface area contributed by atoms with E-state index in [1.165, 1.54) is 6.07 Å². The van der Waals surface area contributed by atoms with Crippen molar-refractivity contribution in [3.8, 4) is 0 Å². The van der Waals surface area contributed by atoms with Crippen LogP contribution in [-0.4, -0.2) is 63.6 Å². The second-order valence-electron chi connectivity index (χ2n) is 5.74. The van der Waals surface area contributed by atoms with E-state index < -0.39 is 15.9 Å². The summed E-state index contributed by atoms with van der Waals surface area (Å²) in [6, 6.07) is 4.71. The van der Waals surface area contributed by atoms with Crippen LogP contribution in [0.5, 0.6) is 0 Å². The first-order valence-electron chi connectivity index (χ1n) is 7.79. The molecule has 4 N–H and O–H groups in total. The number of amides is 1. The molecule has 2 heterocycles. The maximum absolute atomic E-state index is 12.8. The van der Waals surface area contributed by atoms with Crippen LogP contribution in [0.15, 0.2) is 23.1 Å². The number of rotatable bonds is 6. The van der Waals surface area contributed by atoms with Gasteiger partial charge >= 0.3 is 0 Å². The van der Waals surface area contributed by atoms with Gasteiger partial charge in [-0.3, -0.25) is 9.69 Å². The van der Waals surface area contributed by atoms with Gasteiger partial charge in [0.25, 0.3) is 5.91 Å². The van der Waals surface area contributed by atoms with Gasteiger partial charge in [0.05, 0.1) is 13.2 Å². The molecule has 136 valence electrons. The first-order valence-corrected chi connectivity index (χ1v) is 9.65. The number of hydrogen-bond donors (Lipinski definition) is 3. The molecule has 0 radical (unpaired) electrons. The Morgan fingerprint density at radius 1 is 1.36 bits per heavy atom. The average molecular weight is 387 g/mol. The van der Waals surface area contributed by atoms with Crippen molar-refractivity contribution in [1.29, 1.82) is 0 Å². The molecule has 1 aliphatic heterocycles. The van der Waals surface area contributed by atoms with Gasteiger partial charge in [-0.25, -0.2) is 13.1 Å². The van der Waals surface area contributed by atoms with Gasteiger partial charge in [0.15, 0.2) is 0 Å². The van der Waals surface area contributed by atoms with Crippen molar-refractivity contribution < 1.29 is 17.9 Å². The van der Waals surface area contributed by atoms with Crippen molar-refractivity contribution in [2.75, 3.05) is 39.4 Å². The number of H-pyrrole nitrogens is 1. The predicted octanol–water partition coefficient (Wildman–Crippen LogP) is 0.531. The zero-order valence-electron chi connectivity index (χ0n) is 13.4. The highest BCUT2D eigenvalue weighted by Crippen LogP contribution is 2.29. The fourth-order valence-corrected chi connectivity index (χ4v) is 4.38. The van der Waals surface area contributed by atoms with E-state index in [0.29, 0.717) is 35.7 Å². The molecule has 0 aliphatic carbocycles. The summed E-state index contributed by atoms with van der Waals surface area (Å²) in [4.78, 5) is 16.4. The first-order chi connectivity index (χ1) is 11.9. The van der Waals surface area contributed by atoms with Crippen LogP contribution in [-0.2, 0) is 14.8 Å². The van der Waals surface area contributed by atoms with Gasteiger partial charge in [0.2, 0.25) is 10.0 Å². The van der Waals surface area contributed by atoms with E-state index in [0.717, 1.165) is 13.1 Å². The smallest absolute Gasteiger partial charge is 0.266 e. The number of aromatic nitrogens is 1. The highest BCUT2D eigenvalue weighted by Gasteiger charge is 2.27. The lowest BCUT2D eigenvalue weighted by molar-refractivity contribution is 0.0390. The maximum Gasteiger partial charge on any atom is 0.266 e. The van der Waals surface area contributed by atoms with Gasteiger partial charge in [-0.05, 0) is 18.2 Å². The molecule has 1 amide bonds. The molecule has 10 heteroatoms. The lowest BCUT2D eigenvalue weighted by Crippen LogP contribution is -2.41. The maximum atomic E-state index is 12.8. The SMILES string of the molecule is NC(=O)c1[nH]c2ccc(Cl)cc2c1S(=O)(=O)NCCN1CCOCC1. The number of carbonyl (C=O) groups is 1. The van der Waals surface area contributed by atoms with Crippen molar-refractivity contribution in [3.63, 3.8) is 0 Å². The number of fused-ring (bicyclic) bond motifs is 1. The molecule has 1 aromatic carbocycles. The third-order valence-electron chi connectivity index (χ3n) is 4.05. The molecular formula is C15H19ClN4O4S. The van der Waals surface area contributed by atoms with E-state index >= 15 is 0 Å². The second-order valence-corrected chi connectivity index (χ2v) is 7.88. The molecular weight excluding hydrogens is 368 g/mol. The van der Waals surface area contributed by atoms with Gasteiger partial charge in [-0.1, -0.05) is 11.6 Å². The lowest BCUT2D eigenvalue weighted by Gasteiger charge is -2.26. The monoisotopic (exact) mass is 386 g/mol. The summed E-state index contributed by atoms with van der Waals surface area (Å²) >= 11 is 5.97. The minimum atomic E-state index is -3.94. The zero-order chi connectivity index (χ0) is 18.0. The fraction of sp³-hybridized carbons (Fsp3) is 0.400. The molecule has 0 spiro atoms. The molecule has 0 saturated carbocycles. The summed E-state index contributed by atoms with van der Waals surface area (Å²) < 4.78 is 33.3. The molecule has 25 heavy (non-hydrogen) atoms. The number of nitrogens with zero attached hydrogens (tertiary/aromatic N) is 1. The largest absolute Gasteiger partial charge is 0.379 e. The number of halogens is 1. The van der Waals surface area contributed by atoms with E-state index in [1.807, 2.05) is 0 Å². The van der Waals surface area contributed by atoms with Crippen LogP contribution in [0.2, 0.25) is 5.02 Å². The van der Waals surface area contributed by atoms with Crippen molar-refractivity contribution >= 4 is 38.4 Å². The Bertz CT molecular complexity index is 890. The van der Waals surface area contributed by atoms with E-state index in [1.54, 1.807) is 12.1 Å². The summed E-state index contributed by atoms with van der Waals surface area (Å²) in [6.07, 6.45) is 0. The molecule has 1 saturated heterocycles. The van der Waals surface area contributed by atoms with E-state index in [-0.39, 0.29) is 17.1 Å². The lowest BCUT2D eigenvalue weighted by atomic mass is 10.2. The summed E-state index contributed by atoms with van der Waals surface area (Å²) in [5, 5.41) is 0.701. The van der Waals surface area contributed by atoms with Crippen molar-refractivity contribution in [1.82, 2.24) is 14.6 Å². The molecule has 3 rings (SSSR count). The Balaban J connectivity index is 1.86. The molecule has 2 aromatic rings. The summed E-state index contributed by atoms with van der Waals surface area (Å²) in [7, 11) is -3.94. The van der Waals surface area contributed by atoms with Crippen LogP contribution in [0.1, 0.15) is 10.5 Å². The first kappa shape index (κ1) is 18.2. The molecule has 0 unspecified atom stereocenters. The number of aromatic amines is 1. The summed E-state index contributed by atoms with van der Waals surface area (Å²) in [6.45, 7) is 3.57. The Kier molecular flexibility index (Phi) is 5.30. The van der Waals surface area contributed by atoms with E-state index in [2.05, 4.69) is 14.6 Å². The highest BCUT2D eigenvalue weighted by molar-refractivity contribution is 7.89. The molecule has 1 aliphatic rings. The predicted molar refractivity (Wildman–Crippen MR) is 94.3 cm³/mol. The molecule has 1 fully saturated rings. The van der Waals surface area contributed by atoms with Gasteiger partial charge in [0.1, 0.15) is 10.6 Å². The third kappa shape index (κ3) is 3.96. The van der Waals surface area contributed by atoms with Gasteiger partial charge < -0.3 is 15.5 Å². The van der Waals surface area contributed by atoms with Crippen LogP contribution in [0.25, 0.3) is 10.9 Å². The summed E-state index contributed by atoms with van der Waals surface area (Å²) in [5.41, 5.74) is 5.66.